The Morgan fingerprint density at radius 2 is 2.11 bits per heavy atom. The highest BCUT2D eigenvalue weighted by molar-refractivity contribution is 7.20. The fraction of sp³-hybridized carbons (Fsp3) is 0.417. The number of hydrazine groups is 1. The van der Waals surface area contributed by atoms with Gasteiger partial charge in [0.2, 0.25) is 0 Å². The molecule has 1 amide bonds. The SMILES string of the molecule is NNC(=O)c1cc2c(N3CCCCC3)ncnc2s1. The quantitative estimate of drug-likeness (QED) is 0.491. The number of hydrogen-bond donors (Lipinski definition) is 2. The summed E-state index contributed by atoms with van der Waals surface area (Å²) in [5.74, 6) is 5.81. The number of piperidine rings is 1. The second-order valence-corrected chi connectivity index (χ2v) is 5.58. The van der Waals surface area contributed by atoms with Crippen molar-refractivity contribution >= 4 is 33.3 Å². The Bertz CT molecular complexity index is 605. The van der Waals surface area contributed by atoms with Crippen LogP contribution in [-0.4, -0.2) is 29.0 Å². The van der Waals surface area contributed by atoms with E-state index in [1.807, 2.05) is 6.07 Å². The van der Waals surface area contributed by atoms with Gasteiger partial charge < -0.3 is 4.90 Å². The number of carbonyl (C=O) groups excluding carboxylic acids is 1. The Morgan fingerprint density at radius 3 is 2.84 bits per heavy atom. The van der Waals surface area contributed by atoms with E-state index < -0.39 is 0 Å². The summed E-state index contributed by atoms with van der Waals surface area (Å²) < 4.78 is 0. The first-order chi connectivity index (χ1) is 9.29. The second-order valence-electron chi connectivity index (χ2n) is 4.55. The fourth-order valence-electron chi connectivity index (χ4n) is 2.38. The third-order valence-electron chi connectivity index (χ3n) is 3.32. The maximum absolute atomic E-state index is 11.6. The second kappa shape index (κ2) is 5.10. The highest BCUT2D eigenvalue weighted by Crippen LogP contribution is 2.31. The minimum absolute atomic E-state index is 0.285. The van der Waals surface area contributed by atoms with Gasteiger partial charge in [-0.2, -0.15) is 0 Å². The number of rotatable bonds is 2. The summed E-state index contributed by atoms with van der Waals surface area (Å²) >= 11 is 1.34. The standard InChI is InChI=1S/C12H15N5OS/c13-16-11(18)9-6-8-10(14-7-15-12(8)19-9)17-4-2-1-3-5-17/h6-7H,1-5,13H2,(H,16,18). The third kappa shape index (κ3) is 2.26. The average molecular weight is 277 g/mol. The number of fused-ring (bicyclic) bond motifs is 1. The van der Waals surface area contributed by atoms with E-state index in [-0.39, 0.29) is 5.91 Å². The van der Waals surface area contributed by atoms with Crippen LogP contribution in [0.2, 0.25) is 0 Å². The normalized spacial score (nSPS) is 15.7. The maximum atomic E-state index is 11.6. The largest absolute Gasteiger partial charge is 0.356 e. The van der Waals surface area contributed by atoms with Gasteiger partial charge >= 0.3 is 0 Å². The Labute approximate surface area is 114 Å². The molecule has 19 heavy (non-hydrogen) atoms. The van der Waals surface area contributed by atoms with Crippen LogP contribution in [0.15, 0.2) is 12.4 Å². The fourth-order valence-corrected chi connectivity index (χ4v) is 3.28. The molecule has 3 rings (SSSR count). The molecule has 0 atom stereocenters. The van der Waals surface area contributed by atoms with Crippen molar-refractivity contribution in [2.75, 3.05) is 18.0 Å². The maximum Gasteiger partial charge on any atom is 0.275 e. The number of amides is 1. The van der Waals surface area contributed by atoms with Gasteiger partial charge in [0.15, 0.2) is 0 Å². The summed E-state index contributed by atoms with van der Waals surface area (Å²) in [5.41, 5.74) is 2.15. The first-order valence-corrected chi connectivity index (χ1v) is 7.11. The van der Waals surface area contributed by atoms with Crippen LogP contribution in [0.25, 0.3) is 10.2 Å². The Morgan fingerprint density at radius 1 is 1.32 bits per heavy atom. The van der Waals surface area contributed by atoms with E-state index >= 15 is 0 Å². The molecule has 0 spiro atoms. The monoisotopic (exact) mass is 277 g/mol. The number of hydrogen-bond acceptors (Lipinski definition) is 6. The van der Waals surface area contributed by atoms with Crippen LogP contribution in [0, 0.1) is 0 Å². The number of nitrogens with two attached hydrogens (primary N) is 1. The molecule has 100 valence electrons. The molecule has 1 aliphatic heterocycles. The molecule has 0 unspecified atom stereocenters. The van der Waals surface area contributed by atoms with Gasteiger partial charge in [-0.3, -0.25) is 10.2 Å². The number of anilines is 1. The van der Waals surface area contributed by atoms with Gasteiger partial charge in [0, 0.05) is 13.1 Å². The van der Waals surface area contributed by atoms with E-state index in [1.54, 1.807) is 6.33 Å². The lowest BCUT2D eigenvalue weighted by Gasteiger charge is -2.27. The predicted octanol–water partition coefficient (Wildman–Crippen LogP) is 1.29. The Hall–Kier alpha value is -1.73. The van der Waals surface area contributed by atoms with Crippen molar-refractivity contribution in [3.05, 3.63) is 17.3 Å². The van der Waals surface area contributed by atoms with Gasteiger partial charge in [0.25, 0.3) is 5.91 Å². The van der Waals surface area contributed by atoms with Crippen molar-refractivity contribution in [1.82, 2.24) is 15.4 Å². The molecule has 1 aliphatic rings. The zero-order valence-electron chi connectivity index (χ0n) is 10.4. The molecule has 0 aromatic carbocycles. The lowest BCUT2D eigenvalue weighted by atomic mass is 10.1. The minimum Gasteiger partial charge on any atom is -0.356 e. The van der Waals surface area contributed by atoms with Gasteiger partial charge in [-0.1, -0.05) is 0 Å². The highest BCUT2D eigenvalue weighted by atomic mass is 32.1. The smallest absolute Gasteiger partial charge is 0.275 e. The average Bonchev–Trinajstić information content (AvgIpc) is 2.91. The van der Waals surface area contributed by atoms with Gasteiger partial charge in [-0.05, 0) is 25.3 Å². The van der Waals surface area contributed by atoms with Crippen LogP contribution in [0.4, 0.5) is 5.82 Å². The summed E-state index contributed by atoms with van der Waals surface area (Å²) in [4.78, 5) is 23.9. The first kappa shape index (κ1) is 12.3. The van der Waals surface area contributed by atoms with E-state index in [0.29, 0.717) is 4.88 Å². The topological polar surface area (TPSA) is 84.1 Å². The molecule has 0 bridgehead atoms. The summed E-state index contributed by atoms with van der Waals surface area (Å²) in [6.45, 7) is 2.03. The number of nitrogens with zero attached hydrogens (tertiary/aromatic N) is 3. The van der Waals surface area contributed by atoms with Crippen molar-refractivity contribution in [1.29, 1.82) is 0 Å². The molecule has 7 heteroatoms. The number of aromatic nitrogens is 2. The molecule has 1 fully saturated rings. The van der Waals surface area contributed by atoms with Crippen molar-refractivity contribution in [2.24, 2.45) is 5.84 Å². The van der Waals surface area contributed by atoms with Crippen LogP contribution in [0.3, 0.4) is 0 Å². The van der Waals surface area contributed by atoms with Crippen LogP contribution in [0.1, 0.15) is 28.9 Å². The van der Waals surface area contributed by atoms with Crippen molar-refractivity contribution in [3.63, 3.8) is 0 Å². The number of carbonyl (C=O) groups is 1. The number of thiophene rings is 1. The van der Waals surface area contributed by atoms with E-state index in [9.17, 15) is 4.79 Å². The molecule has 6 nitrogen and oxygen atoms in total. The molecule has 3 heterocycles. The lowest BCUT2D eigenvalue weighted by Crippen LogP contribution is -2.30. The zero-order chi connectivity index (χ0) is 13.2. The van der Waals surface area contributed by atoms with Crippen molar-refractivity contribution in [2.45, 2.75) is 19.3 Å². The summed E-state index contributed by atoms with van der Waals surface area (Å²) in [7, 11) is 0. The zero-order valence-corrected chi connectivity index (χ0v) is 11.2. The first-order valence-electron chi connectivity index (χ1n) is 6.30. The Balaban J connectivity index is 2.04. The molecule has 0 radical (unpaired) electrons. The highest BCUT2D eigenvalue weighted by Gasteiger charge is 2.18. The van der Waals surface area contributed by atoms with Crippen LogP contribution in [0.5, 0.6) is 0 Å². The lowest BCUT2D eigenvalue weighted by molar-refractivity contribution is 0.0958. The van der Waals surface area contributed by atoms with Crippen LogP contribution < -0.4 is 16.2 Å². The molecule has 2 aromatic rings. The van der Waals surface area contributed by atoms with Gasteiger partial charge in [0.05, 0.1) is 10.3 Å². The van der Waals surface area contributed by atoms with Crippen molar-refractivity contribution in [3.8, 4) is 0 Å². The van der Waals surface area contributed by atoms with Gasteiger partial charge in [-0.15, -0.1) is 11.3 Å². The Kier molecular flexibility index (Phi) is 3.31. The third-order valence-corrected chi connectivity index (χ3v) is 4.36. The number of nitrogen functional groups attached to an aromatic ring is 1. The molecular weight excluding hydrogens is 262 g/mol. The van der Waals surface area contributed by atoms with E-state index in [0.717, 1.165) is 29.1 Å². The van der Waals surface area contributed by atoms with Gasteiger partial charge in [0.1, 0.15) is 17.0 Å². The van der Waals surface area contributed by atoms with Crippen LogP contribution in [-0.2, 0) is 0 Å². The van der Waals surface area contributed by atoms with E-state index in [4.69, 9.17) is 5.84 Å². The molecule has 0 saturated carbocycles. The summed E-state index contributed by atoms with van der Waals surface area (Å²) in [6.07, 6.45) is 5.21. The van der Waals surface area contributed by atoms with E-state index in [2.05, 4.69) is 20.3 Å². The minimum atomic E-state index is -0.285. The molecule has 2 aromatic heterocycles. The molecule has 1 saturated heterocycles. The molecule has 0 aliphatic carbocycles. The van der Waals surface area contributed by atoms with Crippen molar-refractivity contribution < 1.29 is 4.79 Å². The predicted molar refractivity (Wildman–Crippen MR) is 75.1 cm³/mol. The molecular formula is C12H15N5OS. The molecule has 3 N–H and O–H groups in total. The van der Waals surface area contributed by atoms with Gasteiger partial charge in [-0.25, -0.2) is 15.8 Å². The summed E-state index contributed by atoms with van der Waals surface area (Å²) in [5, 5.41) is 0.938. The summed E-state index contributed by atoms with van der Waals surface area (Å²) in [6, 6.07) is 1.83. The van der Waals surface area contributed by atoms with E-state index in [1.165, 1.54) is 30.6 Å². The van der Waals surface area contributed by atoms with Crippen LogP contribution >= 0.6 is 11.3 Å². The number of nitrogens with one attached hydrogen (secondary N) is 1.